The van der Waals surface area contributed by atoms with E-state index in [1.165, 1.54) is 11.3 Å². The van der Waals surface area contributed by atoms with Crippen LogP contribution in [0.1, 0.15) is 37.3 Å². The second-order valence-corrected chi connectivity index (χ2v) is 7.68. The van der Waals surface area contributed by atoms with Gasteiger partial charge < -0.3 is 20.6 Å². The van der Waals surface area contributed by atoms with E-state index in [1.807, 2.05) is 25.3 Å². The minimum atomic E-state index is -0.624. The molecule has 0 radical (unpaired) electrons. The minimum absolute atomic E-state index is 0. The Kier molecular flexibility index (Phi) is 11.7. The maximum absolute atomic E-state index is 10.3. The van der Waals surface area contributed by atoms with Crippen molar-refractivity contribution in [2.45, 2.75) is 33.4 Å². The summed E-state index contributed by atoms with van der Waals surface area (Å²) in [6.07, 6.45) is 1.24. The van der Waals surface area contributed by atoms with Crippen LogP contribution in [0.2, 0.25) is 4.34 Å². The molecule has 0 spiro atoms. The number of aliphatic imine (C=N–C) groups is 1. The molecule has 9 heteroatoms. The molecule has 2 heterocycles. The Labute approximate surface area is 193 Å². The molecule has 0 fully saturated rings. The van der Waals surface area contributed by atoms with Crippen LogP contribution in [-0.4, -0.2) is 42.2 Å². The quantitative estimate of drug-likeness (QED) is 0.256. The lowest BCUT2D eigenvalue weighted by Gasteiger charge is -2.19. The molecular weight excluding hydrogens is 509 g/mol. The van der Waals surface area contributed by atoms with Crippen molar-refractivity contribution < 1.29 is 5.11 Å². The van der Waals surface area contributed by atoms with Crippen LogP contribution < -0.4 is 15.5 Å². The van der Waals surface area contributed by atoms with Gasteiger partial charge in [0.25, 0.3) is 0 Å². The summed E-state index contributed by atoms with van der Waals surface area (Å²) in [7, 11) is 0. The number of thiophene rings is 1. The van der Waals surface area contributed by atoms with Crippen LogP contribution in [0.5, 0.6) is 0 Å². The molecule has 0 aliphatic rings. The van der Waals surface area contributed by atoms with Gasteiger partial charge in [0.2, 0.25) is 0 Å². The summed E-state index contributed by atoms with van der Waals surface area (Å²) >= 11 is 7.31. The minimum Gasteiger partial charge on any atom is -0.386 e. The molecule has 0 bridgehead atoms. The number of aliphatic hydroxyl groups is 1. The fourth-order valence-corrected chi connectivity index (χ4v) is 3.61. The topological polar surface area (TPSA) is 72.8 Å². The fraction of sp³-hybridized carbons (Fsp3) is 0.474. The van der Waals surface area contributed by atoms with Crippen molar-refractivity contribution in [3.05, 3.63) is 45.2 Å². The lowest BCUT2D eigenvalue weighted by atomic mass is 10.3. The Morgan fingerprint density at radius 2 is 1.96 bits per heavy atom. The van der Waals surface area contributed by atoms with Crippen molar-refractivity contribution in [1.82, 2.24) is 15.6 Å². The molecule has 156 valence electrons. The Hall–Kier alpha value is -1.10. The molecule has 0 aliphatic carbocycles. The first-order valence-corrected chi connectivity index (χ1v) is 10.4. The first-order chi connectivity index (χ1) is 13.1. The van der Waals surface area contributed by atoms with Crippen LogP contribution >= 0.6 is 46.9 Å². The third-order valence-corrected chi connectivity index (χ3v) is 5.38. The molecule has 0 saturated heterocycles. The van der Waals surface area contributed by atoms with Crippen LogP contribution in [0.25, 0.3) is 0 Å². The maximum atomic E-state index is 10.3. The van der Waals surface area contributed by atoms with Gasteiger partial charge in [0.15, 0.2) is 5.96 Å². The molecule has 1 atom stereocenters. The Bertz CT molecular complexity index is 721. The van der Waals surface area contributed by atoms with Gasteiger partial charge >= 0.3 is 0 Å². The highest BCUT2D eigenvalue weighted by molar-refractivity contribution is 14.0. The normalized spacial score (nSPS) is 12.2. The molecule has 0 saturated carbocycles. The van der Waals surface area contributed by atoms with Gasteiger partial charge in [-0.3, -0.25) is 0 Å². The van der Waals surface area contributed by atoms with Crippen molar-refractivity contribution in [3.8, 4) is 0 Å². The van der Waals surface area contributed by atoms with Crippen molar-refractivity contribution in [1.29, 1.82) is 0 Å². The molecular formula is C19H29ClIN5OS. The summed E-state index contributed by atoms with van der Waals surface area (Å²) < 4.78 is 0.672. The number of aliphatic hydroxyl groups excluding tert-OH is 1. The largest absolute Gasteiger partial charge is 0.386 e. The number of hydrogen-bond acceptors (Lipinski definition) is 5. The van der Waals surface area contributed by atoms with E-state index in [2.05, 4.69) is 45.4 Å². The number of hydrogen-bond donors (Lipinski definition) is 3. The van der Waals surface area contributed by atoms with Crippen molar-refractivity contribution >= 4 is 58.7 Å². The third-order valence-electron chi connectivity index (χ3n) is 4.05. The lowest BCUT2D eigenvalue weighted by molar-refractivity contribution is 0.184. The van der Waals surface area contributed by atoms with E-state index < -0.39 is 6.10 Å². The number of rotatable bonds is 9. The van der Waals surface area contributed by atoms with E-state index in [0.29, 0.717) is 23.4 Å². The molecule has 0 amide bonds. The van der Waals surface area contributed by atoms with E-state index >= 15 is 0 Å². The van der Waals surface area contributed by atoms with E-state index in [0.717, 1.165) is 35.9 Å². The number of nitrogens with one attached hydrogen (secondary N) is 2. The second-order valence-electron chi connectivity index (χ2n) is 5.93. The Morgan fingerprint density at radius 1 is 1.21 bits per heavy atom. The fourth-order valence-electron chi connectivity index (χ4n) is 2.56. The number of aromatic nitrogens is 1. The Balaban J connectivity index is 0.00000392. The molecule has 6 nitrogen and oxygen atoms in total. The monoisotopic (exact) mass is 537 g/mol. The molecule has 2 rings (SSSR count). The number of halogens is 2. The maximum Gasteiger partial charge on any atom is 0.191 e. The number of pyridine rings is 1. The molecule has 28 heavy (non-hydrogen) atoms. The molecule has 3 N–H and O–H groups in total. The van der Waals surface area contributed by atoms with Crippen molar-refractivity contribution in [2.24, 2.45) is 4.99 Å². The van der Waals surface area contributed by atoms with Gasteiger partial charge in [-0.25, -0.2) is 9.98 Å². The second kappa shape index (κ2) is 13.2. The van der Waals surface area contributed by atoms with Gasteiger partial charge in [-0.15, -0.1) is 35.3 Å². The van der Waals surface area contributed by atoms with Crippen LogP contribution in [0.3, 0.4) is 0 Å². The summed E-state index contributed by atoms with van der Waals surface area (Å²) in [5.74, 6) is 1.64. The average Bonchev–Trinajstić information content (AvgIpc) is 3.12. The zero-order chi connectivity index (χ0) is 19.6. The summed E-state index contributed by atoms with van der Waals surface area (Å²) in [4.78, 5) is 12.1. The number of anilines is 1. The third kappa shape index (κ3) is 7.73. The first-order valence-electron chi connectivity index (χ1n) is 9.22. The van der Waals surface area contributed by atoms with Crippen molar-refractivity contribution in [3.63, 3.8) is 0 Å². The Morgan fingerprint density at radius 3 is 2.50 bits per heavy atom. The summed E-state index contributed by atoms with van der Waals surface area (Å²) in [6.45, 7) is 9.75. The van der Waals surface area contributed by atoms with E-state index in [-0.39, 0.29) is 24.0 Å². The van der Waals surface area contributed by atoms with Gasteiger partial charge in [-0.1, -0.05) is 17.7 Å². The zero-order valence-corrected chi connectivity index (χ0v) is 20.4. The lowest BCUT2D eigenvalue weighted by Crippen LogP contribution is -2.39. The van der Waals surface area contributed by atoms with Crippen molar-refractivity contribution in [2.75, 3.05) is 31.1 Å². The van der Waals surface area contributed by atoms with Gasteiger partial charge in [0.05, 0.1) is 10.9 Å². The van der Waals surface area contributed by atoms with Crippen LogP contribution in [0.15, 0.2) is 35.5 Å². The highest BCUT2D eigenvalue weighted by Gasteiger charge is 2.11. The highest BCUT2D eigenvalue weighted by Crippen LogP contribution is 2.26. The summed E-state index contributed by atoms with van der Waals surface area (Å²) in [5.41, 5.74) is 1.04. The van der Waals surface area contributed by atoms with Crippen LogP contribution in [0, 0.1) is 0 Å². The molecule has 2 aromatic rings. The van der Waals surface area contributed by atoms with Crippen LogP contribution in [0.4, 0.5) is 5.82 Å². The van der Waals surface area contributed by atoms with Gasteiger partial charge in [0, 0.05) is 37.3 Å². The molecule has 0 aliphatic heterocycles. The zero-order valence-electron chi connectivity index (χ0n) is 16.5. The van der Waals surface area contributed by atoms with Gasteiger partial charge in [-0.05, 0) is 44.5 Å². The standard InChI is InChI=1S/C19H28ClN5OS.HI/c1-4-21-19(24-13-15(26)16-8-9-17(20)27-16)23-12-14-7-10-18(22-11-14)25(5-2)6-3;/h7-11,15,26H,4-6,12-13H2,1-3H3,(H2,21,23,24);1H. The summed E-state index contributed by atoms with van der Waals surface area (Å²) in [6, 6.07) is 7.71. The number of nitrogens with zero attached hydrogens (tertiary/aromatic N) is 3. The predicted molar refractivity (Wildman–Crippen MR) is 130 cm³/mol. The summed E-state index contributed by atoms with van der Waals surface area (Å²) in [5, 5.41) is 16.6. The van der Waals surface area contributed by atoms with E-state index in [1.54, 1.807) is 6.07 Å². The van der Waals surface area contributed by atoms with E-state index in [4.69, 9.17) is 11.6 Å². The molecule has 1 unspecified atom stereocenters. The number of guanidine groups is 1. The molecule has 2 aromatic heterocycles. The first kappa shape index (κ1) is 24.9. The SMILES string of the molecule is CCNC(=NCc1ccc(N(CC)CC)nc1)NCC(O)c1ccc(Cl)s1.I. The highest BCUT2D eigenvalue weighted by atomic mass is 127. The predicted octanol–water partition coefficient (Wildman–Crippen LogP) is 4.05. The molecule has 0 aromatic carbocycles. The van der Waals surface area contributed by atoms with Crippen LogP contribution in [-0.2, 0) is 6.54 Å². The average molecular weight is 538 g/mol. The van der Waals surface area contributed by atoms with Gasteiger partial charge in [0.1, 0.15) is 11.9 Å². The van der Waals surface area contributed by atoms with Gasteiger partial charge in [-0.2, -0.15) is 0 Å². The van der Waals surface area contributed by atoms with E-state index in [9.17, 15) is 5.11 Å². The smallest absolute Gasteiger partial charge is 0.191 e.